The molecule has 0 aliphatic carbocycles. The minimum atomic E-state index is -3.11. The molecule has 1 rings (SSSR count). The van der Waals surface area contributed by atoms with Crippen molar-refractivity contribution in [2.45, 2.75) is 166 Å². The van der Waals surface area contributed by atoms with Crippen LogP contribution >= 0.6 is 0 Å². The third-order valence-corrected chi connectivity index (χ3v) is 17.8. The minimum Gasteiger partial charge on any atom is -0.358 e. The summed E-state index contributed by atoms with van der Waals surface area (Å²) in [7, 11) is 8.14. The van der Waals surface area contributed by atoms with Gasteiger partial charge in [0.2, 0.25) is 0 Å². The SMILES string of the molecule is CC(C)O.CC(C)O.CC(C)O.CC(C)[O][Al]([CH3])[O]C(C)C.CC=O.CC=O.CCCO.CCCO.CCCO.CC[O-].CO[Si](CO)(OC)c1ccccc1.C[O][Ge]([CH2]O)([O]C)[O]C.C[O][Sb]([CH2]O)[O]C.[CH3-].[CH3-].[CH3-].[Mg+2].[Ti].[Zr]. The molecule has 78 heavy (non-hydrogen) atoms. The first-order valence-electron chi connectivity index (χ1n) is 23.6. The summed E-state index contributed by atoms with van der Waals surface area (Å²) in [6.07, 6.45) is 4.17. The van der Waals surface area contributed by atoms with E-state index in [-0.39, 0.29) is 134 Å². The summed E-state index contributed by atoms with van der Waals surface area (Å²) in [6.45, 7) is 29.7. The van der Waals surface area contributed by atoms with E-state index in [0.717, 1.165) is 37.0 Å². The molecule has 0 fully saturated rings. The molecule has 1 aromatic carbocycles. The molecular formula is C50H122AlGeMgO21SbSiTiZr-2. The van der Waals surface area contributed by atoms with E-state index in [0.29, 0.717) is 32.0 Å². The fraction of sp³-hybridized carbons (Fsp3) is 0.780. The van der Waals surface area contributed by atoms with Crippen LogP contribution < -0.4 is 10.3 Å². The molecule has 476 valence electrons. The van der Waals surface area contributed by atoms with Gasteiger partial charge in [-0.15, -0.1) is 6.61 Å². The Morgan fingerprint density at radius 2 is 0.821 bits per heavy atom. The van der Waals surface area contributed by atoms with Crippen molar-refractivity contribution in [3.8, 4) is 0 Å². The molecule has 0 amide bonds. The summed E-state index contributed by atoms with van der Waals surface area (Å²) in [5.74, 6) is 2.06. The van der Waals surface area contributed by atoms with E-state index in [4.69, 9.17) is 89.3 Å². The van der Waals surface area contributed by atoms with Crippen LogP contribution in [0.2, 0.25) is 5.79 Å². The molecule has 0 saturated carbocycles. The summed E-state index contributed by atoms with van der Waals surface area (Å²) >= 11 is -6.42. The first-order valence-corrected chi connectivity index (χ1v) is 35.7. The predicted octanol–water partition coefficient (Wildman–Crippen LogP) is 3.88. The molecular weight excluding hydrogens is 1350 g/mol. The maximum Gasteiger partial charge on any atom is 2.00 e. The number of benzene rings is 1. The van der Waals surface area contributed by atoms with Crippen molar-refractivity contribution in [2.75, 3.05) is 92.4 Å². The van der Waals surface area contributed by atoms with Crippen molar-refractivity contribution in [1.82, 2.24) is 0 Å². The number of carbonyl (C=O) groups is 2. The number of aliphatic hydroxyl groups is 9. The minimum absolute atomic E-state index is 0. The van der Waals surface area contributed by atoms with E-state index < -0.39 is 58.7 Å². The zero-order chi connectivity index (χ0) is 60.0. The zero-order valence-corrected chi connectivity index (χ0v) is 66.4. The molecule has 0 saturated heterocycles. The maximum absolute atomic E-state index is 9.24. The molecule has 0 aromatic heterocycles. The Labute approximate surface area is 547 Å². The molecule has 0 aliphatic heterocycles. The summed E-state index contributed by atoms with van der Waals surface area (Å²) in [6, 6.07) is 9.56. The van der Waals surface area contributed by atoms with Gasteiger partial charge in [-0.1, -0.05) is 63.8 Å². The van der Waals surface area contributed by atoms with Crippen molar-refractivity contribution in [2.24, 2.45) is 0 Å². The van der Waals surface area contributed by atoms with Crippen LogP contribution in [0.3, 0.4) is 0 Å². The van der Waals surface area contributed by atoms with Crippen LogP contribution in [0.4, 0.5) is 0 Å². The Bertz CT molecular complexity index is 933. The summed E-state index contributed by atoms with van der Waals surface area (Å²) in [5, 5.41) is 84.0. The van der Waals surface area contributed by atoms with Gasteiger partial charge in [-0.3, -0.25) is 0 Å². The van der Waals surface area contributed by atoms with Crippen LogP contribution in [0.1, 0.15) is 130 Å². The molecule has 0 unspecified atom stereocenters. The van der Waals surface area contributed by atoms with E-state index in [1.807, 2.05) is 78.8 Å². The summed E-state index contributed by atoms with van der Waals surface area (Å²) in [4.78, 5) is 17.6. The standard InChI is InChI=1S/C9H14O3Si.C4H12GeO4.3C3H8O.2C3H7O.3C3H8O.C2H5O.2C2H4O.3CH3O.4CH3.Al.Mg.Sb.Ti.Zr/c1-11-13(8-10,12-2)9-6-4-3-5-7-9;1-7-5(4-6,8-2)9-3;5*1-3(2)4;3*1-2-3-4;3*1-2-3;3*1-2;;;;;;;;;/h3-7,10H,8H2,1-2H3;6H,4H2,1-3H3;3*3-4H,1-2H3;2*3H,1-2H3;3*4H,2-3H2,1H3;2H2,1H3;2*2H,1H3;2*1H3;2H,1H2;4*1H3;;;;;/q;;;;;2*-1;;;;-1;;;2*-1;;;3*-1;3*+2;;. The van der Waals surface area contributed by atoms with Gasteiger partial charge in [-0.2, -0.15) is 0 Å². The van der Waals surface area contributed by atoms with Gasteiger partial charge < -0.3 is 89.2 Å². The molecule has 1 aromatic rings. The Balaban J connectivity index is -0.0000000321. The Kier molecular flexibility index (Phi) is 196. The molecule has 0 radical (unpaired) electrons. The number of carbonyl (C=O) groups excluding carboxylic acids is 2. The molecule has 21 nitrogen and oxygen atoms in total. The summed E-state index contributed by atoms with van der Waals surface area (Å²) in [5.41, 5.74) is -0.135. The Morgan fingerprint density at radius 3 is 0.910 bits per heavy atom. The van der Waals surface area contributed by atoms with Crippen molar-refractivity contribution >= 4 is 99.5 Å². The molecule has 0 atom stereocenters. The van der Waals surface area contributed by atoms with Gasteiger partial charge in [0.05, 0.1) is 6.23 Å². The second-order valence-electron chi connectivity index (χ2n) is 14.1. The average Bonchev–Trinajstić information content (AvgIpc) is 3.32. The topological polar surface area (TPSA) is 322 Å². The molecule has 0 heterocycles. The molecule has 0 aliphatic rings. The number of aldehydes is 2. The molecule has 9 N–H and O–H groups in total. The van der Waals surface area contributed by atoms with E-state index >= 15 is 0 Å². The van der Waals surface area contributed by atoms with Gasteiger partial charge >= 0.3 is 155 Å². The van der Waals surface area contributed by atoms with Gasteiger partial charge in [0.1, 0.15) is 12.6 Å². The average molecular weight is 1470 g/mol. The van der Waals surface area contributed by atoms with Crippen molar-refractivity contribution < 1.29 is 142 Å². The Hall–Kier alpha value is 2.27. The first-order chi connectivity index (χ1) is 33.6. The van der Waals surface area contributed by atoms with E-state index in [9.17, 15) is 5.11 Å². The monoisotopic (exact) mass is 1470 g/mol. The van der Waals surface area contributed by atoms with E-state index in [2.05, 4.69) is 5.79 Å². The fourth-order valence-electron chi connectivity index (χ4n) is 2.66. The van der Waals surface area contributed by atoms with Gasteiger partial charge in [-0.05, 0) is 108 Å². The molecule has 0 bridgehead atoms. The second kappa shape index (κ2) is 118. The third-order valence-electron chi connectivity index (χ3n) is 5.33. The van der Waals surface area contributed by atoms with Crippen LogP contribution in [0.25, 0.3) is 0 Å². The van der Waals surface area contributed by atoms with Crippen molar-refractivity contribution in [3.05, 3.63) is 52.6 Å². The number of rotatable bonds is 18. The summed E-state index contributed by atoms with van der Waals surface area (Å²) < 4.78 is 45.8. The first kappa shape index (κ1) is 130. The number of hydrogen-bond acceptors (Lipinski definition) is 21. The second-order valence-corrected chi connectivity index (χ2v) is 29.9. The zero-order valence-electron chi connectivity index (χ0n) is 54.2. The van der Waals surface area contributed by atoms with Gasteiger partial charge in [0, 0.05) is 112 Å². The Morgan fingerprint density at radius 1 is 0.603 bits per heavy atom. The normalized spacial score (nSPS) is 8.77. The van der Waals surface area contributed by atoms with E-state index in [1.54, 1.807) is 76.9 Å². The van der Waals surface area contributed by atoms with Crippen molar-refractivity contribution in [1.29, 1.82) is 0 Å². The van der Waals surface area contributed by atoms with Crippen molar-refractivity contribution in [3.63, 3.8) is 0 Å². The van der Waals surface area contributed by atoms with Crippen LogP contribution in [0, 0.1) is 22.3 Å². The van der Waals surface area contributed by atoms with Gasteiger partial charge in [0.25, 0.3) is 0 Å². The maximum atomic E-state index is 9.24. The van der Waals surface area contributed by atoms with Crippen LogP contribution in [-0.2, 0) is 91.3 Å². The quantitative estimate of drug-likeness (QED) is 0.0572. The van der Waals surface area contributed by atoms with Crippen LogP contribution in [0.15, 0.2) is 30.3 Å². The van der Waals surface area contributed by atoms with Gasteiger partial charge in [-0.25, -0.2) is 0 Å². The van der Waals surface area contributed by atoms with Crippen LogP contribution in [0.5, 0.6) is 0 Å². The smallest absolute Gasteiger partial charge is 0.358 e. The number of hydrogen-bond donors (Lipinski definition) is 9. The molecule has 28 heteroatoms. The van der Waals surface area contributed by atoms with E-state index in [1.165, 1.54) is 35.2 Å². The fourth-order valence-corrected chi connectivity index (χ4v) is 8.99. The van der Waals surface area contributed by atoms with Gasteiger partial charge in [0.15, 0.2) is 0 Å². The van der Waals surface area contributed by atoms with Crippen LogP contribution in [-0.4, -0.2) is 263 Å². The largest absolute Gasteiger partial charge is 2.00 e. The number of aliphatic hydroxyl groups excluding tert-OH is 9. The molecule has 0 spiro atoms. The third kappa shape index (κ3) is 159. The predicted molar refractivity (Wildman–Crippen MR) is 321 cm³/mol.